The van der Waals surface area contributed by atoms with Crippen molar-refractivity contribution in [2.24, 2.45) is 0 Å². The topological polar surface area (TPSA) is 88.0 Å². The van der Waals surface area contributed by atoms with Crippen molar-refractivity contribution in [3.8, 4) is 5.69 Å². The second-order valence-corrected chi connectivity index (χ2v) is 7.03. The second kappa shape index (κ2) is 8.72. The molecule has 1 aromatic carbocycles. The zero-order valence-electron chi connectivity index (χ0n) is 16.5. The number of anilines is 2. The fourth-order valence-electron chi connectivity index (χ4n) is 3.49. The summed E-state index contributed by atoms with van der Waals surface area (Å²) >= 11 is 0. The van der Waals surface area contributed by atoms with Gasteiger partial charge in [-0.1, -0.05) is 18.2 Å². The average molecular weight is 391 g/mol. The van der Waals surface area contributed by atoms with E-state index in [0.29, 0.717) is 18.7 Å². The molecule has 8 nitrogen and oxygen atoms in total. The Morgan fingerprint density at radius 3 is 2.69 bits per heavy atom. The molecule has 150 valence electrons. The fraction of sp³-hybridized carbons (Fsp3) is 0.333. The first kappa shape index (κ1) is 18.9. The first-order valence-electron chi connectivity index (χ1n) is 9.91. The summed E-state index contributed by atoms with van der Waals surface area (Å²) in [6, 6.07) is 11.7. The number of hydrogen-bond acceptors (Lipinski definition) is 6. The van der Waals surface area contributed by atoms with Gasteiger partial charge in [-0.3, -0.25) is 4.79 Å². The quantitative estimate of drug-likeness (QED) is 0.602. The molecule has 1 saturated heterocycles. The van der Waals surface area contributed by atoms with Crippen molar-refractivity contribution in [1.82, 2.24) is 25.1 Å². The van der Waals surface area contributed by atoms with E-state index in [4.69, 9.17) is 0 Å². The number of rotatable bonds is 7. The summed E-state index contributed by atoms with van der Waals surface area (Å²) in [5.74, 6) is 1.59. The Hall–Kier alpha value is -3.42. The van der Waals surface area contributed by atoms with Crippen LogP contribution in [0.15, 0.2) is 48.9 Å². The molecule has 2 aromatic heterocycles. The van der Waals surface area contributed by atoms with E-state index in [9.17, 15) is 4.79 Å². The highest BCUT2D eigenvalue weighted by Crippen LogP contribution is 2.19. The first-order chi connectivity index (χ1) is 14.2. The minimum absolute atomic E-state index is 0.132. The smallest absolute Gasteiger partial charge is 0.254 e. The molecule has 4 rings (SSSR count). The third-order valence-electron chi connectivity index (χ3n) is 5.05. The summed E-state index contributed by atoms with van der Waals surface area (Å²) in [5, 5.41) is 10.5. The fourth-order valence-corrected chi connectivity index (χ4v) is 3.49. The molecule has 0 aliphatic carbocycles. The van der Waals surface area contributed by atoms with Gasteiger partial charge in [0.05, 0.1) is 23.1 Å². The lowest BCUT2D eigenvalue weighted by molar-refractivity contribution is 0.0954. The van der Waals surface area contributed by atoms with Gasteiger partial charge in [0.1, 0.15) is 18.0 Å². The van der Waals surface area contributed by atoms with Crippen LogP contribution in [0.3, 0.4) is 0 Å². The maximum atomic E-state index is 12.5. The van der Waals surface area contributed by atoms with Crippen LogP contribution in [0.5, 0.6) is 0 Å². The van der Waals surface area contributed by atoms with Crippen LogP contribution in [0.25, 0.3) is 5.69 Å². The van der Waals surface area contributed by atoms with Crippen LogP contribution >= 0.6 is 0 Å². The normalized spacial score (nSPS) is 13.5. The predicted octanol–water partition coefficient (Wildman–Crippen LogP) is 2.41. The highest BCUT2D eigenvalue weighted by atomic mass is 16.1. The highest BCUT2D eigenvalue weighted by molar-refractivity contribution is 5.95. The molecular formula is C21H25N7O. The molecule has 0 spiro atoms. The zero-order chi connectivity index (χ0) is 20.1. The number of nitrogens with one attached hydrogen (secondary N) is 2. The largest absolute Gasteiger partial charge is 0.368 e. The monoisotopic (exact) mass is 391 g/mol. The number of carbonyl (C=O) groups excluding carboxylic acids is 1. The van der Waals surface area contributed by atoms with Gasteiger partial charge >= 0.3 is 0 Å². The van der Waals surface area contributed by atoms with Crippen molar-refractivity contribution in [3.63, 3.8) is 0 Å². The molecule has 2 N–H and O–H groups in total. The zero-order valence-corrected chi connectivity index (χ0v) is 16.5. The van der Waals surface area contributed by atoms with Crippen molar-refractivity contribution in [2.75, 3.05) is 36.4 Å². The Morgan fingerprint density at radius 2 is 1.90 bits per heavy atom. The van der Waals surface area contributed by atoms with Gasteiger partial charge in [0, 0.05) is 32.2 Å². The Bertz CT molecular complexity index is 964. The number of hydrogen-bond donors (Lipinski definition) is 2. The minimum atomic E-state index is -0.132. The van der Waals surface area contributed by atoms with E-state index < -0.39 is 0 Å². The van der Waals surface area contributed by atoms with E-state index in [-0.39, 0.29) is 5.91 Å². The van der Waals surface area contributed by atoms with Crippen molar-refractivity contribution in [2.45, 2.75) is 19.8 Å². The van der Waals surface area contributed by atoms with Gasteiger partial charge < -0.3 is 15.5 Å². The third kappa shape index (κ3) is 4.37. The van der Waals surface area contributed by atoms with Gasteiger partial charge in [0.25, 0.3) is 5.91 Å². The molecule has 1 fully saturated rings. The first-order valence-corrected chi connectivity index (χ1v) is 9.91. The molecule has 0 radical (unpaired) electrons. The molecule has 1 aliphatic rings. The van der Waals surface area contributed by atoms with Gasteiger partial charge in [0.2, 0.25) is 0 Å². The van der Waals surface area contributed by atoms with E-state index in [1.165, 1.54) is 12.8 Å². The summed E-state index contributed by atoms with van der Waals surface area (Å²) in [6.45, 7) is 5.05. The van der Waals surface area contributed by atoms with Gasteiger partial charge in [-0.05, 0) is 31.9 Å². The van der Waals surface area contributed by atoms with Gasteiger partial charge in [-0.25, -0.2) is 14.6 Å². The number of benzene rings is 1. The molecule has 0 bridgehead atoms. The number of para-hydroxylation sites is 1. The maximum Gasteiger partial charge on any atom is 0.254 e. The second-order valence-electron chi connectivity index (χ2n) is 7.03. The van der Waals surface area contributed by atoms with Crippen LogP contribution < -0.4 is 15.5 Å². The summed E-state index contributed by atoms with van der Waals surface area (Å²) in [6.07, 6.45) is 5.60. The summed E-state index contributed by atoms with van der Waals surface area (Å²) in [7, 11) is 0. The van der Waals surface area contributed by atoms with E-state index in [1.54, 1.807) is 17.2 Å². The standard InChI is InChI=1S/C21H25N7O/c1-16-18(14-26-28(16)17-7-3-2-4-8-17)21(29)23-10-9-22-19-13-20(25-15-24-19)27-11-5-6-12-27/h2-4,7-8,13-15H,5-6,9-12H2,1H3,(H,23,29)(H,22,24,25). The van der Waals surface area contributed by atoms with Gasteiger partial charge in [-0.15, -0.1) is 0 Å². The number of carbonyl (C=O) groups is 1. The van der Waals surface area contributed by atoms with Crippen LogP contribution in [0.2, 0.25) is 0 Å². The van der Waals surface area contributed by atoms with Crippen molar-refractivity contribution < 1.29 is 4.79 Å². The Labute approximate surface area is 170 Å². The molecule has 0 unspecified atom stereocenters. The minimum Gasteiger partial charge on any atom is -0.368 e. The summed E-state index contributed by atoms with van der Waals surface area (Å²) in [5.41, 5.74) is 2.32. The SMILES string of the molecule is Cc1c(C(=O)NCCNc2cc(N3CCCC3)ncn2)cnn1-c1ccccc1. The summed E-state index contributed by atoms with van der Waals surface area (Å²) < 4.78 is 1.77. The van der Waals surface area contributed by atoms with E-state index >= 15 is 0 Å². The van der Waals surface area contributed by atoms with Crippen LogP contribution in [0.4, 0.5) is 11.6 Å². The van der Waals surface area contributed by atoms with Crippen LogP contribution in [0, 0.1) is 6.92 Å². The average Bonchev–Trinajstić information content (AvgIpc) is 3.42. The third-order valence-corrected chi connectivity index (χ3v) is 5.05. The van der Waals surface area contributed by atoms with Crippen LogP contribution in [-0.4, -0.2) is 51.8 Å². The lowest BCUT2D eigenvalue weighted by Gasteiger charge is -2.16. The molecular weight excluding hydrogens is 366 g/mol. The molecule has 3 aromatic rings. The Kier molecular flexibility index (Phi) is 5.69. The number of amides is 1. The molecule has 3 heterocycles. The molecule has 8 heteroatoms. The van der Waals surface area contributed by atoms with Crippen molar-refractivity contribution >= 4 is 17.5 Å². The van der Waals surface area contributed by atoms with Crippen LogP contribution in [-0.2, 0) is 0 Å². The number of nitrogens with zero attached hydrogens (tertiary/aromatic N) is 5. The molecule has 29 heavy (non-hydrogen) atoms. The van der Waals surface area contributed by atoms with Crippen molar-refractivity contribution in [1.29, 1.82) is 0 Å². The van der Waals surface area contributed by atoms with Gasteiger partial charge in [0.15, 0.2) is 0 Å². The van der Waals surface area contributed by atoms with E-state index in [0.717, 1.165) is 36.1 Å². The van der Waals surface area contributed by atoms with Gasteiger partial charge in [-0.2, -0.15) is 5.10 Å². The maximum absolute atomic E-state index is 12.5. The predicted molar refractivity (Wildman–Crippen MR) is 113 cm³/mol. The highest BCUT2D eigenvalue weighted by Gasteiger charge is 2.15. The lowest BCUT2D eigenvalue weighted by Crippen LogP contribution is -2.29. The van der Waals surface area contributed by atoms with Crippen LogP contribution in [0.1, 0.15) is 28.9 Å². The van der Waals surface area contributed by atoms with E-state index in [2.05, 4.69) is 30.6 Å². The Balaban J connectivity index is 1.30. The summed E-state index contributed by atoms with van der Waals surface area (Å²) in [4.78, 5) is 23.4. The number of aromatic nitrogens is 4. The van der Waals surface area contributed by atoms with E-state index in [1.807, 2.05) is 43.3 Å². The van der Waals surface area contributed by atoms with Crippen molar-refractivity contribution in [3.05, 3.63) is 60.2 Å². The molecule has 1 aliphatic heterocycles. The molecule has 0 atom stereocenters. The molecule has 1 amide bonds. The Morgan fingerprint density at radius 1 is 1.10 bits per heavy atom. The lowest BCUT2D eigenvalue weighted by atomic mass is 10.2. The molecule has 0 saturated carbocycles.